The van der Waals surface area contributed by atoms with Gasteiger partial charge in [-0.3, -0.25) is 9.69 Å². The Hall–Kier alpha value is -2.64. The highest BCUT2D eigenvalue weighted by atomic mass is 16.5. The first kappa shape index (κ1) is 22.1. The minimum atomic E-state index is -0.403. The van der Waals surface area contributed by atoms with Crippen molar-refractivity contribution in [2.75, 3.05) is 39.8 Å². The number of nitrogens with zero attached hydrogens (tertiary/aromatic N) is 2. The Balaban J connectivity index is 1.61. The number of aryl methyl sites for hydroxylation is 1. The summed E-state index contributed by atoms with van der Waals surface area (Å²) in [6.45, 7) is 11.3. The molecule has 0 aliphatic carbocycles. The summed E-state index contributed by atoms with van der Waals surface area (Å²) in [6, 6.07) is 8.34. The number of aromatic nitrogens is 1. The molecule has 0 atom stereocenters. The number of aromatic amines is 1. The normalized spacial score (nSPS) is 15.2. The first-order valence-corrected chi connectivity index (χ1v) is 10.5. The molecule has 1 amide bonds. The quantitative estimate of drug-likeness (QED) is 0.683. The number of benzene rings is 1. The number of rotatable bonds is 7. The van der Waals surface area contributed by atoms with E-state index in [1.807, 2.05) is 12.1 Å². The number of ether oxygens (including phenoxy) is 1. The van der Waals surface area contributed by atoms with E-state index < -0.39 is 5.97 Å². The Labute approximate surface area is 178 Å². The lowest BCUT2D eigenvalue weighted by molar-refractivity contribution is 0.0525. The van der Waals surface area contributed by atoms with Crippen LogP contribution in [0.25, 0.3) is 0 Å². The van der Waals surface area contributed by atoms with Crippen LogP contribution in [0, 0.1) is 13.8 Å². The predicted octanol–water partition coefficient (Wildman–Crippen LogP) is 2.49. The number of hydrogen-bond donors (Lipinski definition) is 2. The standard InChI is InChI=1S/C23H32N4O3/c1-5-30-23(29)20-16(2)21(25-17(20)3)22(28)24-14-18-7-6-8-19(13-18)15-27-11-9-26(4)10-12-27/h6-8,13,25H,5,9-12,14-15H2,1-4H3,(H,24,28). The molecule has 2 heterocycles. The van der Waals surface area contributed by atoms with Gasteiger partial charge in [0.2, 0.25) is 0 Å². The average molecular weight is 413 g/mol. The summed E-state index contributed by atoms with van der Waals surface area (Å²) in [5, 5.41) is 2.96. The van der Waals surface area contributed by atoms with Crippen molar-refractivity contribution in [2.24, 2.45) is 0 Å². The second-order valence-electron chi connectivity index (χ2n) is 7.93. The molecule has 7 heteroatoms. The molecule has 2 aromatic rings. The fraction of sp³-hybridized carbons (Fsp3) is 0.478. The molecule has 1 saturated heterocycles. The lowest BCUT2D eigenvalue weighted by Gasteiger charge is -2.32. The van der Waals surface area contributed by atoms with Gasteiger partial charge >= 0.3 is 5.97 Å². The molecule has 7 nitrogen and oxygen atoms in total. The molecule has 3 rings (SSSR count). The molecule has 162 valence electrons. The van der Waals surface area contributed by atoms with E-state index in [0.29, 0.717) is 35.7 Å². The molecule has 0 radical (unpaired) electrons. The van der Waals surface area contributed by atoms with Gasteiger partial charge in [0.05, 0.1) is 12.2 Å². The van der Waals surface area contributed by atoms with Crippen LogP contribution in [0.5, 0.6) is 0 Å². The van der Waals surface area contributed by atoms with E-state index in [0.717, 1.165) is 38.3 Å². The molecule has 0 spiro atoms. The Morgan fingerprint density at radius 1 is 1.13 bits per heavy atom. The van der Waals surface area contributed by atoms with Crippen LogP contribution >= 0.6 is 0 Å². The number of likely N-dealkylation sites (N-methyl/N-ethyl adjacent to an activating group) is 1. The number of carbonyl (C=O) groups is 2. The van der Waals surface area contributed by atoms with Crippen LogP contribution in [0.1, 0.15) is 50.2 Å². The molecule has 0 unspecified atom stereocenters. The van der Waals surface area contributed by atoms with Crippen LogP contribution < -0.4 is 5.32 Å². The smallest absolute Gasteiger partial charge is 0.340 e. The zero-order chi connectivity index (χ0) is 21.7. The van der Waals surface area contributed by atoms with Gasteiger partial charge in [0.15, 0.2) is 0 Å². The number of amides is 1. The summed E-state index contributed by atoms with van der Waals surface area (Å²) in [5.41, 5.74) is 4.42. The number of esters is 1. The number of carbonyl (C=O) groups excluding carboxylic acids is 2. The molecule has 1 aromatic carbocycles. The summed E-state index contributed by atoms with van der Waals surface area (Å²) in [7, 11) is 2.16. The van der Waals surface area contributed by atoms with Crippen molar-refractivity contribution >= 4 is 11.9 Å². The van der Waals surface area contributed by atoms with Gasteiger partial charge in [0.1, 0.15) is 5.69 Å². The van der Waals surface area contributed by atoms with Gasteiger partial charge in [0, 0.05) is 45.0 Å². The fourth-order valence-corrected chi connectivity index (χ4v) is 3.86. The summed E-state index contributed by atoms with van der Waals surface area (Å²) < 4.78 is 5.10. The van der Waals surface area contributed by atoms with Crippen LogP contribution in [0.2, 0.25) is 0 Å². The monoisotopic (exact) mass is 412 g/mol. The predicted molar refractivity (Wildman–Crippen MR) is 117 cm³/mol. The maximum atomic E-state index is 12.7. The van der Waals surface area contributed by atoms with Crippen LogP contribution in [-0.4, -0.2) is 66.5 Å². The molecular formula is C23H32N4O3. The molecule has 2 N–H and O–H groups in total. The third-order valence-corrected chi connectivity index (χ3v) is 5.59. The molecule has 1 aliphatic heterocycles. The zero-order valence-electron chi connectivity index (χ0n) is 18.4. The summed E-state index contributed by atoms with van der Waals surface area (Å²) in [6.07, 6.45) is 0. The van der Waals surface area contributed by atoms with Gasteiger partial charge in [-0.15, -0.1) is 0 Å². The number of hydrogen-bond acceptors (Lipinski definition) is 5. The van der Waals surface area contributed by atoms with Crippen molar-refractivity contribution < 1.29 is 14.3 Å². The van der Waals surface area contributed by atoms with E-state index in [2.05, 4.69) is 39.3 Å². The van der Waals surface area contributed by atoms with Crippen molar-refractivity contribution in [3.63, 3.8) is 0 Å². The van der Waals surface area contributed by atoms with Gasteiger partial charge in [-0.1, -0.05) is 24.3 Å². The third kappa shape index (κ3) is 5.29. The van der Waals surface area contributed by atoms with Crippen molar-refractivity contribution in [1.29, 1.82) is 0 Å². The van der Waals surface area contributed by atoms with Gasteiger partial charge in [0.25, 0.3) is 5.91 Å². The third-order valence-electron chi connectivity index (χ3n) is 5.59. The van der Waals surface area contributed by atoms with E-state index >= 15 is 0 Å². The molecule has 0 saturated carbocycles. The van der Waals surface area contributed by atoms with Gasteiger partial charge < -0.3 is 19.9 Å². The van der Waals surface area contributed by atoms with Crippen molar-refractivity contribution in [3.05, 3.63) is 57.9 Å². The largest absolute Gasteiger partial charge is 0.462 e. The molecule has 1 aliphatic rings. The number of nitrogens with one attached hydrogen (secondary N) is 2. The first-order valence-electron chi connectivity index (χ1n) is 10.5. The number of piperazine rings is 1. The van der Waals surface area contributed by atoms with Crippen molar-refractivity contribution in [3.8, 4) is 0 Å². The molecule has 0 bridgehead atoms. The minimum absolute atomic E-state index is 0.226. The lowest BCUT2D eigenvalue weighted by atomic mass is 10.1. The Morgan fingerprint density at radius 3 is 2.53 bits per heavy atom. The zero-order valence-corrected chi connectivity index (χ0v) is 18.4. The summed E-state index contributed by atoms with van der Waals surface area (Å²) in [4.78, 5) is 32.7. The summed E-state index contributed by atoms with van der Waals surface area (Å²) in [5.74, 6) is -0.630. The highest BCUT2D eigenvalue weighted by Crippen LogP contribution is 2.19. The minimum Gasteiger partial charge on any atom is -0.462 e. The second kappa shape index (κ2) is 9.91. The molecule has 30 heavy (non-hydrogen) atoms. The van der Waals surface area contributed by atoms with E-state index in [4.69, 9.17) is 4.74 Å². The van der Waals surface area contributed by atoms with Crippen LogP contribution in [0.3, 0.4) is 0 Å². The Morgan fingerprint density at radius 2 is 1.83 bits per heavy atom. The van der Waals surface area contributed by atoms with E-state index in [9.17, 15) is 9.59 Å². The van der Waals surface area contributed by atoms with Crippen molar-refractivity contribution in [2.45, 2.75) is 33.9 Å². The highest BCUT2D eigenvalue weighted by molar-refractivity contribution is 6.00. The van der Waals surface area contributed by atoms with Crippen LogP contribution in [-0.2, 0) is 17.8 Å². The summed E-state index contributed by atoms with van der Waals surface area (Å²) >= 11 is 0. The van der Waals surface area contributed by atoms with Crippen LogP contribution in [0.4, 0.5) is 0 Å². The SMILES string of the molecule is CCOC(=O)c1c(C)[nH]c(C(=O)NCc2cccc(CN3CCN(C)CC3)c2)c1C. The van der Waals surface area contributed by atoms with Gasteiger partial charge in [-0.05, 0) is 44.5 Å². The maximum Gasteiger partial charge on any atom is 0.340 e. The molecular weight excluding hydrogens is 380 g/mol. The molecule has 1 fully saturated rings. The van der Waals surface area contributed by atoms with E-state index in [1.54, 1.807) is 20.8 Å². The fourth-order valence-electron chi connectivity index (χ4n) is 3.86. The Bertz CT molecular complexity index is 898. The second-order valence-corrected chi connectivity index (χ2v) is 7.93. The van der Waals surface area contributed by atoms with Crippen molar-refractivity contribution in [1.82, 2.24) is 20.1 Å². The van der Waals surface area contributed by atoms with E-state index in [-0.39, 0.29) is 5.91 Å². The molecule has 1 aromatic heterocycles. The average Bonchev–Trinajstić information content (AvgIpc) is 3.02. The van der Waals surface area contributed by atoms with E-state index in [1.165, 1.54) is 5.56 Å². The topological polar surface area (TPSA) is 77.7 Å². The Kier molecular flexibility index (Phi) is 7.29. The first-order chi connectivity index (χ1) is 14.4. The van der Waals surface area contributed by atoms with Crippen LogP contribution in [0.15, 0.2) is 24.3 Å². The maximum absolute atomic E-state index is 12.7. The lowest BCUT2D eigenvalue weighted by Crippen LogP contribution is -2.43. The van der Waals surface area contributed by atoms with Gasteiger partial charge in [-0.25, -0.2) is 4.79 Å². The van der Waals surface area contributed by atoms with Gasteiger partial charge in [-0.2, -0.15) is 0 Å². The highest BCUT2D eigenvalue weighted by Gasteiger charge is 2.22. The number of H-pyrrole nitrogens is 1.